The van der Waals surface area contributed by atoms with Crippen LogP contribution in [-0.2, 0) is 20.6 Å². The molecule has 1 aromatic rings. The molecule has 172 valence electrons. The number of piperazine rings is 1. The van der Waals surface area contributed by atoms with Crippen LogP contribution in [0.2, 0.25) is 0 Å². The highest BCUT2D eigenvalue weighted by molar-refractivity contribution is 7.80. The molecule has 2 aliphatic heterocycles. The number of benzene rings is 1. The van der Waals surface area contributed by atoms with E-state index in [1.54, 1.807) is 4.90 Å². The molecule has 6 nitrogen and oxygen atoms in total. The summed E-state index contributed by atoms with van der Waals surface area (Å²) in [5, 5.41) is 0. The number of rotatable bonds is 3. The predicted octanol–water partition coefficient (Wildman–Crippen LogP) is 3.64. The minimum absolute atomic E-state index is 0.233. The maximum absolute atomic E-state index is 12.3. The summed E-state index contributed by atoms with van der Waals surface area (Å²) >= 11 is 4.65. The average molecular weight is 448 g/mol. The molecular formula is C23H37BN2O4S. The maximum Gasteiger partial charge on any atom is 0.495 e. The van der Waals surface area contributed by atoms with Gasteiger partial charge < -0.3 is 18.9 Å². The van der Waals surface area contributed by atoms with Gasteiger partial charge in [-0.25, -0.2) is 4.79 Å². The SMILES string of the molecule is Cc1c(CN2CCN(C(=O)OC(C)(C)C)CC2)cc(S)cc1B1OC(C)(C)C(C)(C)O1. The molecule has 0 aliphatic carbocycles. The number of ether oxygens (including phenoxy) is 1. The van der Waals surface area contributed by atoms with Gasteiger partial charge in [-0.15, -0.1) is 12.6 Å². The predicted molar refractivity (Wildman–Crippen MR) is 127 cm³/mol. The molecule has 1 amide bonds. The van der Waals surface area contributed by atoms with Crippen molar-refractivity contribution in [2.75, 3.05) is 26.2 Å². The van der Waals surface area contributed by atoms with Crippen LogP contribution in [0.5, 0.6) is 0 Å². The lowest BCUT2D eigenvalue weighted by molar-refractivity contribution is 0.00578. The van der Waals surface area contributed by atoms with Crippen molar-refractivity contribution in [2.24, 2.45) is 0 Å². The molecule has 2 fully saturated rings. The van der Waals surface area contributed by atoms with Gasteiger partial charge in [0.2, 0.25) is 0 Å². The van der Waals surface area contributed by atoms with Gasteiger partial charge in [0.15, 0.2) is 0 Å². The Labute approximate surface area is 193 Å². The second kappa shape index (κ2) is 8.62. The zero-order valence-corrected chi connectivity index (χ0v) is 21.1. The highest BCUT2D eigenvalue weighted by Gasteiger charge is 2.52. The van der Waals surface area contributed by atoms with Gasteiger partial charge >= 0.3 is 13.2 Å². The van der Waals surface area contributed by atoms with E-state index in [1.807, 2.05) is 26.8 Å². The Morgan fingerprint density at radius 2 is 1.65 bits per heavy atom. The van der Waals surface area contributed by atoms with Crippen LogP contribution in [0.25, 0.3) is 0 Å². The van der Waals surface area contributed by atoms with Crippen LogP contribution in [-0.4, -0.2) is 66.0 Å². The Morgan fingerprint density at radius 3 is 2.16 bits per heavy atom. The van der Waals surface area contributed by atoms with E-state index in [0.717, 1.165) is 30.0 Å². The lowest BCUT2D eigenvalue weighted by Crippen LogP contribution is -2.49. The number of carbonyl (C=O) groups is 1. The third-order valence-corrected chi connectivity index (χ3v) is 6.72. The van der Waals surface area contributed by atoms with E-state index in [9.17, 15) is 4.79 Å². The fourth-order valence-electron chi connectivity index (χ4n) is 3.82. The quantitative estimate of drug-likeness (QED) is 0.566. The first kappa shape index (κ1) is 24.4. The number of thiol groups is 1. The Bertz CT molecular complexity index is 814. The van der Waals surface area contributed by atoms with Gasteiger partial charge in [0.25, 0.3) is 0 Å². The first-order valence-electron chi connectivity index (χ1n) is 11.1. The second-order valence-corrected chi connectivity index (χ2v) is 11.2. The van der Waals surface area contributed by atoms with E-state index >= 15 is 0 Å². The number of nitrogens with zero attached hydrogens (tertiary/aromatic N) is 2. The topological polar surface area (TPSA) is 51.2 Å². The van der Waals surface area contributed by atoms with Crippen molar-refractivity contribution < 1.29 is 18.8 Å². The highest BCUT2D eigenvalue weighted by Crippen LogP contribution is 2.37. The Balaban J connectivity index is 1.68. The minimum atomic E-state index is -0.470. The van der Waals surface area contributed by atoms with E-state index in [-0.39, 0.29) is 17.3 Å². The van der Waals surface area contributed by atoms with Gasteiger partial charge in [0, 0.05) is 37.6 Å². The van der Waals surface area contributed by atoms with Crippen LogP contribution in [0.1, 0.15) is 59.6 Å². The summed E-state index contributed by atoms with van der Waals surface area (Å²) in [6.07, 6.45) is -0.233. The fourth-order valence-corrected chi connectivity index (χ4v) is 4.11. The molecule has 0 atom stereocenters. The molecule has 8 heteroatoms. The third-order valence-electron chi connectivity index (χ3n) is 6.47. The number of carbonyl (C=O) groups excluding carboxylic acids is 1. The summed E-state index contributed by atoms with van der Waals surface area (Å²) in [7, 11) is -0.403. The summed E-state index contributed by atoms with van der Waals surface area (Å²) in [5.41, 5.74) is 2.19. The van der Waals surface area contributed by atoms with Crippen LogP contribution < -0.4 is 5.46 Å². The zero-order chi connectivity index (χ0) is 23.2. The molecule has 0 unspecified atom stereocenters. The molecule has 0 N–H and O–H groups in total. The summed E-state index contributed by atoms with van der Waals surface area (Å²) in [6, 6.07) is 4.16. The first-order valence-corrected chi connectivity index (χ1v) is 11.5. The van der Waals surface area contributed by atoms with Crippen molar-refractivity contribution in [3.05, 3.63) is 23.3 Å². The Kier molecular flexibility index (Phi) is 6.79. The van der Waals surface area contributed by atoms with Crippen LogP contribution in [0.15, 0.2) is 17.0 Å². The first-order chi connectivity index (χ1) is 14.2. The minimum Gasteiger partial charge on any atom is -0.444 e. The van der Waals surface area contributed by atoms with Crippen molar-refractivity contribution in [2.45, 2.75) is 83.6 Å². The van der Waals surface area contributed by atoms with E-state index < -0.39 is 12.7 Å². The maximum atomic E-state index is 12.3. The molecule has 0 aromatic heterocycles. The lowest BCUT2D eigenvalue weighted by atomic mass is 9.75. The molecule has 0 spiro atoms. The van der Waals surface area contributed by atoms with Crippen molar-refractivity contribution in [1.82, 2.24) is 9.80 Å². The van der Waals surface area contributed by atoms with Gasteiger partial charge in [-0.1, -0.05) is 0 Å². The smallest absolute Gasteiger partial charge is 0.444 e. The van der Waals surface area contributed by atoms with Crippen LogP contribution in [0, 0.1) is 6.92 Å². The molecule has 0 radical (unpaired) electrons. The molecule has 31 heavy (non-hydrogen) atoms. The Morgan fingerprint density at radius 1 is 1.10 bits per heavy atom. The van der Waals surface area contributed by atoms with Gasteiger partial charge in [-0.2, -0.15) is 0 Å². The molecular weight excluding hydrogens is 411 g/mol. The second-order valence-electron chi connectivity index (χ2n) is 10.7. The lowest BCUT2D eigenvalue weighted by Gasteiger charge is -2.36. The van der Waals surface area contributed by atoms with E-state index in [2.05, 4.69) is 58.2 Å². The molecule has 2 saturated heterocycles. The average Bonchev–Trinajstić information content (AvgIpc) is 2.84. The number of hydrogen-bond acceptors (Lipinski definition) is 6. The molecule has 1 aromatic carbocycles. The van der Waals surface area contributed by atoms with Gasteiger partial charge in [0.1, 0.15) is 5.60 Å². The van der Waals surface area contributed by atoms with Crippen molar-refractivity contribution >= 4 is 31.3 Å². The van der Waals surface area contributed by atoms with E-state index in [0.29, 0.717) is 13.1 Å². The van der Waals surface area contributed by atoms with E-state index in [4.69, 9.17) is 14.0 Å². The summed E-state index contributed by atoms with van der Waals surface area (Å²) < 4.78 is 18.1. The molecule has 3 rings (SSSR count). The van der Waals surface area contributed by atoms with Crippen LogP contribution in [0.4, 0.5) is 4.79 Å². The molecule has 0 bridgehead atoms. The molecule has 2 aliphatic rings. The van der Waals surface area contributed by atoms with Crippen molar-refractivity contribution in [3.8, 4) is 0 Å². The molecule has 2 heterocycles. The zero-order valence-electron chi connectivity index (χ0n) is 20.2. The summed E-state index contributed by atoms with van der Waals surface area (Å²) in [6.45, 7) is 19.8. The van der Waals surface area contributed by atoms with Gasteiger partial charge in [0.05, 0.1) is 11.2 Å². The number of hydrogen-bond donors (Lipinski definition) is 1. The monoisotopic (exact) mass is 448 g/mol. The van der Waals surface area contributed by atoms with Gasteiger partial charge in [-0.3, -0.25) is 4.90 Å². The fraction of sp³-hybridized carbons (Fsp3) is 0.696. The largest absolute Gasteiger partial charge is 0.495 e. The standard InChI is InChI=1S/C23H37BN2O4S/c1-16-17(15-25-9-11-26(12-10-25)20(27)28-21(2,3)4)13-18(31)14-19(16)24-29-22(5,6)23(7,8)30-24/h13-14,31H,9-12,15H2,1-8H3. The van der Waals surface area contributed by atoms with Crippen molar-refractivity contribution in [1.29, 1.82) is 0 Å². The van der Waals surface area contributed by atoms with Gasteiger partial charge in [-0.05, 0) is 84.1 Å². The summed E-state index contributed by atoms with van der Waals surface area (Å²) in [4.78, 5) is 17.4. The molecule has 0 saturated carbocycles. The highest BCUT2D eigenvalue weighted by atomic mass is 32.1. The number of amides is 1. The summed E-state index contributed by atoms with van der Waals surface area (Å²) in [5.74, 6) is 0. The van der Waals surface area contributed by atoms with E-state index in [1.165, 1.54) is 11.1 Å². The van der Waals surface area contributed by atoms with Crippen LogP contribution >= 0.6 is 12.6 Å². The van der Waals surface area contributed by atoms with Crippen molar-refractivity contribution in [3.63, 3.8) is 0 Å². The van der Waals surface area contributed by atoms with Crippen LogP contribution in [0.3, 0.4) is 0 Å². The Hall–Kier alpha value is -1.22. The third kappa shape index (κ3) is 5.59. The normalized spacial score (nSPS) is 21.5.